The zero-order chi connectivity index (χ0) is 15.0. The van der Waals surface area contributed by atoms with E-state index in [1.165, 1.54) is 4.68 Å². The molecule has 20 heavy (non-hydrogen) atoms. The SMILES string of the molecule is COCCC1(CNS(=O)(=O)c2c(N)nn(C)c2C)CC1. The molecule has 1 fully saturated rings. The fourth-order valence-corrected chi connectivity index (χ4v) is 3.75. The van der Waals surface area contributed by atoms with Crippen LogP contribution in [-0.4, -0.2) is 38.5 Å². The van der Waals surface area contributed by atoms with Crippen molar-refractivity contribution in [2.24, 2.45) is 12.5 Å². The summed E-state index contributed by atoms with van der Waals surface area (Å²) in [5.74, 6) is 0.0410. The third kappa shape index (κ3) is 2.97. The van der Waals surface area contributed by atoms with Gasteiger partial charge in [-0.3, -0.25) is 4.68 Å². The van der Waals surface area contributed by atoms with Gasteiger partial charge in [0.25, 0.3) is 0 Å². The van der Waals surface area contributed by atoms with Gasteiger partial charge in [-0.25, -0.2) is 13.1 Å². The third-order valence-electron chi connectivity index (χ3n) is 4.00. The van der Waals surface area contributed by atoms with Gasteiger partial charge in [-0.2, -0.15) is 5.10 Å². The van der Waals surface area contributed by atoms with Crippen LogP contribution in [-0.2, 0) is 21.8 Å². The number of nitrogen functional groups attached to an aromatic ring is 1. The van der Waals surface area contributed by atoms with Crippen molar-refractivity contribution in [3.8, 4) is 0 Å². The van der Waals surface area contributed by atoms with E-state index >= 15 is 0 Å². The zero-order valence-electron chi connectivity index (χ0n) is 12.1. The number of aryl methyl sites for hydroxylation is 1. The molecule has 7 nitrogen and oxygen atoms in total. The summed E-state index contributed by atoms with van der Waals surface area (Å²) < 4.78 is 33.9. The number of methoxy groups -OCH3 is 1. The maximum atomic E-state index is 12.4. The molecule has 0 aliphatic heterocycles. The minimum Gasteiger partial charge on any atom is -0.385 e. The molecule has 0 saturated heterocycles. The summed E-state index contributed by atoms with van der Waals surface area (Å²) in [6, 6.07) is 0. The van der Waals surface area contributed by atoms with Gasteiger partial charge in [0.05, 0.1) is 5.69 Å². The topological polar surface area (TPSA) is 99.2 Å². The van der Waals surface area contributed by atoms with Gasteiger partial charge in [0, 0.05) is 27.3 Å². The van der Waals surface area contributed by atoms with E-state index in [4.69, 9.17) is 10.5 Å². The van der Waals surface area contributed by atoms with Gasteiger partial charge in [0.1, 0.15) is 4.90 Å². The van der Waals surface area contributed by atoms with Gasteiger partial charge in [-0.1, -0.05) is 0 Å². The highest BCUT2D eigenvalue weighted by Gasteiger charge is 2.43. The van der Waals surface area contributed by atoms with Crippen molar-refractivity contribution in [2.75, 3.05) is 26.0 Å². The second-order valence-corrected chi connectivity index (χ2v) is 7.19. The lowest BCUT2D eigenvalue weighted by molar-refractivity contribution is 0.173. The molecule has 1 aliphatic rings. The van der Waals surface area contributed by atoms with Crippen LogP contribution in [0.2, 0.25) is 0 Å². The van der Waals surface area contributed by atoms with Gasteiger partial charge in [-0.05, 0) is 31.6 Å². The van der Waals surface area contributed by atoms with Gasteiger partial charge in [0.15, 0.2) is 5.82 Å². The Kier molecular flexibility index (Phi) is 4.08. The molecule has 1 aromatic heterocycles. The molecule has 2 rings (SSSR count). The Morgan fingerprint density at radius 2 is 2.15 bits per heavy atom. The summed E-state index contributed by atoms with van der Waals surface area (Å²) in [5.41, 5.74) is 6.28. The summed E-state index contributed by atoms with van der Waals surface area (Å²) in [4.78, 5) is 0.0857. The highest BCUT2D eigenvalue weighted by atomic mass is 32.2. The van der Waals surface area contributed by atoms with Crippen LogP contribution >= 0.6 is 0 Å². The van der Waals surface area contributed by atoms with Crippen LogP contribution in [0.3, 0.4) is 0 Å². The van der Waals surface area contributed by atoms with Gasteiger partial charge in [0.2, 0.25) is 10.0 Å². The molecular formula is C12H22N4O3S. The molecule has 1 heterocycles. The monoisotopic (exact) mass is 302 g/mol. The van der Waals surface area contributed by atoms with E-state index in [1.54, 1.807) is 21.1 Å². The molecule has 0 aromatic carbocycles. The fraction of sp³-hybridized carbons (Fsp3) is 0.750. The lowest BCUT2D eigenvalue weighted by Crippen LogP contribution is -2.31. The third-order valence-corrected chi connectivity index (χ3v) is 5.57. The molecule has 0 spiro atoms. The van der Waals surface area contributed by atoms with Crippen LogP contribution < -0.4 is 10.5 Å². The van der Waals surface area contributed by atoms with Crippen LogP contribution in [0.5, 0.6) is 0 Å². The maximum absolute atomic E-state index is 12.4. The molecule has 1 aromatic rings. The number of anilines is 1. The smallest absolute Gasteiger partial charge is 0.246 e. The van der Waals surface area contributed by atoms with E-state index in [0.29, 0.717) is 18.8 Å². The van der Waals surface area contributed by atoms with Crippen molar-refractivity contribution in [3.63, 3.8) is 0 Å². The number of aromatic nitrogens is 2. The average molecular weight is 302 g/mol. The minimum atomic E-state index is -3.62. The van der Waals surface area contributed by atoms with Crippen molar-refractivity contribution in [1.82, 2.24) is 14.5 Å². The number of sulfonamides is 1. The fourth-order valence-electron chi connectivity index (χ4n) is 2.28. The number of nitrogens with zero attached hydrogens (tertiary/aromatic N) is 2. The molecule has 8 heteroatoms. The normalized spacial score (nSPS) is 17.4. The van der Waals surface area contributed by atoms with Crippen LogP contribution in [0.25, 0.3) is 0 Å². The summed E-state index contributed by atoms with van der Waals surface area (Å²) in [6.07, 6.45) is 2.92. The minimum absolute atomic E-state index is 0.0410. The molecule has 3 N–H and O–H groups in total. The maximum Gasteiger partial charge on any atom is 0.246 e. The molecule has 0 radical (unpaired) electrons. The van der Waals surface area contributed by atoms with E-state index in [0.717, 1.165) is 19.3 Å². The van der Waals surface area contributed by atoms with E-state index < -0.39 is 10.0 Å². The quantitative estimate of drug-likeness (QED) is 0.760. The summed E-state index contributed by atoms with van der Waals surface area (Å²) in [7, 11) is -0.293. The number of hydrogen-bond acceptors (Lipinski definition) is 5. The van der Waals surface area contributed by atoms with E-state index in [1.807, 2.05) is 0 Å². The van der Waals surface area contributed by atoms with E-state index in [-0.39, 0.29) is 16.1 Å². The van der Waals surface area contributed by atoms with Gasteiger partial charge in [-0.15, -0.1) is 0 Å². The molecule has 0 bridgehead atoms. The Labute approximate surface area is 119 Å². The Hall–Kier alpha value is -1.12. The average Bonchev–Trinajstić information content (AvgIpc) is 3.09. The number of nitrogens with two attached hydrogens (primary N) is 1. The van der Waals surface area contributed by atoms with Crippen LogP contribution in [0, 0.1) is 12.3 Å². The van der Waals surface area contributed by atoms with Crippen LogP contribution in [0.15, 0.2) is 4.90 Å². The summed E-state index contributed by atoms with van der Waals surface area (Å²) in [6.45, 7) is 2.76. The van der Waals surface area contributed by atoms with Crippen LogP contribution in [0.1, 0.15) is 25.0 Å². The molecule has 0 amide bonds. The Morgan fingerprint density at radius 1 is 1.50 bits per heavy atom. The summed E-state index contributed by atoms with van der Waals surface area (Å²) >= 11 is 0. The lowest BCUT2D eigenvalue weighted by Gasteiger charge is -2.15. The number of ether oxygens (including phenoxy) is 1. The number of rotatable bonds is 7. The highest BCUT2D eigenvalue weighted by molar-refractivity contribution is 7.89. The predicted octanol–water partition coefficient (Wildman–Crippen LogP) is 0.406. The highest BCUT2D eigenvalue weighted by Crippen LogP contribution is 2.48. The Balaban J connectivity index is 2.09. The predicted molar refractivity (Wildman–Crippen MR) is 75.7 cm³/mol. The van der Waals surface area contributed by atoms with Crippen molar-refractivity contribution < 1.29 is 13.2 Å². The standard InChI is InChI=1S/C12H22N4O3S/c1-9-10(11(13)15-16(9)2)20(17,18)14-8-12(4-5-12)6-7-19-3/h14H,4-8H2,1-3H3,(H2,13,15). The molecule has 114 valence electrons. The second-order valence-electron chi connectivity index (χ2n) is 5.49. The van der Waals surface area contributed by atoms with Crippen molar-refractivity contribution in [3.05, 3.63) is 5.69 Å². The number of nitrogens with one attached hydrogen (secondary N) is 1. The van der Waals surface area contributed by atoms with Crippen molar-refractivity contribution in [1.29, 1.82) is 0 Å². The van der Waals surface area contributed by atoms with E-state index in [9.17, 15) is 8.42 Å². The molecule has 1 aliphatic carbocycles. The Morgan fingerprint density at radius 3 is 2.60 bits per heavy atom. The largest absolute Gasteiger partial charge is 0.385 e. The first-order valence-corrected chi connectivity index (χ1v) is 8.07. The van der Waals surface area contributed by atoms with Crippen molar-refractivity contribution in [2.45, 2.75) is 31.1 Å². The Bertz CT molecular complexity index is 590. The molecule has 0 atom stereocenters. The van der Waals surface area contributed by atoms with Gasteiger partial charge < -0.3 is 10.5 Å². The van der Waals surface area contributed by atoms with Crippen LogP contribution in [0.4, 0.5) is 5.82 Å². The molecule has 1 saturated carbocycles. The van der Waals surface area contributed by atoms with Gasteiger partial charge >= 0.3 is 0 Å². The molecular weight excluding hydrogens is 280 g/mol. The lowest BCUT2D eigenvalue weighted by atomic mass is 10.0. The van der Waals surface area contributed by atoms with E-state index in [2.05, 4.69) is 9.82 Å². The first-order valence-electron chi connectivity index (χ1n) is 6.59. The zero-order valence-corrected chi connectivity index (χ0v) is 13.0. The van der Waals surface area contributed by atoms with Crippen molar-refractivity contribution >= 4 is 15.8 Å². The first kappa shape index (κ1) is 15.3. The first-order chi connectivity index (χ1) is 9.31. The summed E-state index contributed by atoms with van der Waals surface area (Å²) in [5, 5.41) is 3.94. The number of hydrogen-bond donors (Lipinski definition) is 2. The second kappa shape index (κ2) is 5.34. The molecule has 0 unspecified atom stereocenters.